The van der Waals surface area contributed by atoms with Crippen LogP contribution in [0.15, 0.2) is 125 Å². The molecule has 0 atom stereocenters. The van der Waals surface area contributed by atoms with Crippen LogP contribution in [0.4, 0.5) is 5.69 Å². The number of hydrogen-bond donors (Lipinski definition) is 1. The topological polar surface area (TPSA) is 97.3 Å². The van der Waals surface area contributed by atoms with Crippen LogP contribution in [0.5, 0.6) is 11.5 Å². The second-order valence-corrected chi connectivity index (χ2v) is 13.5. The largest absolute Gasteiger partial charge is 0.490 e. The third-order valence-corrected chi connectivity index (χ3v) is 9.46. The molecule has 0 bridgehead atoms. The van der Waals surface area contributed by atoms with E-state index in [1.54, 1.807) is 97.1 Å². The summed E-state index contributed by atoms with van der Waals surface area (Å²) in [5.41, 5.74) is 6.03. The Kier molecular flexibility index (Phi) is 11.4. The molecule has 5 aromatic rings. The van der Waals surface area contributed by atoms with Crippen LogP contribution in [-0.4, -0.2) is 27.1 Å². The molecule has 5 aromatic carbocycles. The zero-order valence-electron chi connectivity index (χ0n) is 26.3. The summed E-state index contributed by atoms with van der Waals surface area (Å²) in [5.74, 6) is 0.468. The van der Waals surface area contributed by atoms with E-state index in [4.69, 9.17) is 32.7 Å². The van der Waals surface area contributed by atoms with E-state index in [1.165, 1.54) is 10.5 Å². The fraction of sp³-hybridized carbons (Fsp3) is 0.135. The molecule has 0 aliphatic heterocycles. The van der Waals surface area contributed by atoms with E-state index in [0.717, 1.165) is 11.1 Å². The molecule has 0 saturated carbocycles. The molecule has 0 radical (unpaired) electrons. The second-order valence-electron chi connectivity index (χ2n) is 10.7. The van der Waals surface area contributed by atoms with Crippen LogP contribution >= 0.6 is 23.2 Å². The maximum atomic E-state index is 14.1. The summed E-state index contributed by atoms with van der Waals surface area (Å²) in [6, 6.07) is 32.6. The van der Waals surface area contributed by atoms with Crippen molar-refractivity contribution in [1.29, 1.82) is 0 Å². The number of ether oxygens (including phenoxy) is 2. The summed E-state index contributed by atoms with van der Waals surface area (Å²) in [6.07, 6.45) is 1.47. The average Bonchev–Trinajstić information content (AvgIpc) is 3.08. The Hall–Kier alpha value is -4.83. The molecule has 5 rings (SSSR count). The van der Waals surface area contributed by atoms with Gasteiger partial charge in [0.05, 0.1) is 35.5 Å². The average molecular weight is 703 g/mol. The van der Waals surface area contributed by atoms with Crippen molar-refractivity contribution in [3.63, 3.8) is 0 Å². The highest BCUT2D eigenvalue weighted by Gasteiger charge is 2.28. The number of benzene rings is 5. The molecule has 0 aliphatic carbocycles. The van der Waals surface area contributed by atoms with Crippen molar-refractivity contribution in [3.05, 3.63) is 153 Å². The number of para-hydroxylation sites is 1. The zero-order chi connectivity index (χ0) is 34.1. The predicted octanol–water partition coefficient (Wildman–Crippen LogP) is 8.44. The van der Waals surface area contributed by atoms with Crippen LogP contribution in [0.2, 0.25) is 10.0 Å². The summed E-state index contributed by atoms with van der Waals surface area (Å²) in [7, 11) is -4.09. The lowest BCUT2D eigenvalue weighted by Crippen LogP contribution is -2.33. The summed E-state index contributed by atoms with van der Waals surface area (Å²) in [5, 5.41) is 5.31. The Morgan fingerprint density at radius 1 is 0.812 bits per heavy atom. The van der Waals surface area contributed by atoms with E-state index in [-0.39, 0.29) is 22.7 Å². The molecular formula is C37H33Cl2N3O5S. The molecule has 0 aliphatic rings. The van der Waals surface area contributed by atoms with Gasteiger partial charge in [0.25, 0.3) is 15.9 Å². The molecule has 0 heterocycles. The number of carbonyl (C=O) groups is 1. The van der Waals surface area contributed by atoms with Crippen molar-refractivity contribution in [2.45, 2.75) is 31.9 Å². The van der Waals surface area contributed by atoms with Gasteiger partial charge in [-0.1, -0.05) is 77.3 Å². The normalized spacial score (nSPS) is 11.3. The molecule has 0 unspecified atom stereocenters. The number of nitrogens with one attached hydrogen (secondary N) is 1. The number of rotatable bonds is 13. The van der Waals surface area contributed by atoms with Gasteiger partial charge in [-0.05, 0) is 97.3 Å². The number of hydrazone groups is 1. The number of hydrogen-bond acceptors (Lipinski definition) is 6. The molecule has 1 N–H and O–H groups in total. The van der Waals surface area contributed by atoms with Crippen LogP contribution in [-0.2, 0) is 23.2 Å². The van der Waals surface area contributed by atoms with Gasteiger partial charge in [-0.3, -0.25) is 9.10 Å². The van der Waals surface area contributed by atoms with Gasteiger partial charge in [0.15, 0.2) is 11.5 Å². The molecule has 0 saturated heterocycles. The molecule has 0 aromatic heterocycles. The Morgan fingerprint density at radius 2 is 1.56 bits per heavy atom. The van der Waals surface area contributed by atoms with Crippen molar-refractivity contribution < 1.29 is 22.7 Å². The fourth-order valence-corrected chi connectivity index (χ4v) is 6.59. The maximum absolute atomic E-state index is 14.1. The predicted molar refractivity (Wildman–Crippen MR) is 191 cm³/mol. The molecule has 11 heteroatoms. The Labute approximate surface area is 290 Å². The first-order chi connectivity index (χ1) is 23.1. The minimum atomic E-state index is -4.09. The highest BCUT2D eigenvalue weighted by molar-refractivity contribution is 7.92. The van der Waals surface area contributed by atoms with Crippen molar-refractivity contribution in [2.75, 3.05) is 10.9 Å². The highest BCUT2D eigenvalue weighted by Crippen LogP contribution is 2.31. The molecule has 0 fully saturated rings. The van der Waals surface area contributed by atoms with Gasteiger partial charge in [-0.2, -0.15) is 5.10 Å². The molecule has 48 heavy (non-hydrogen) atoms. The monoisotopic (exact) mass is 701 g/mol. The van der Waals surface area contributed by atoms with E-state index >= 15 is 0 Å². The first kappa shape index (κ1) is 34.5. The van der Waals surface area contributed by atoms with Crippen molar-refractivity contribution in [3.8, 4) is 11.5 Å². The van der Waals surface area contributed by atoms with Gasteiger partial charge in [-0.15, -0.1) is 0 Å². The van der Waals surface area contributed by atoms with Gasteiger partial charge in [-0.25, -0.2) is 13.8 Å². The smallest absolute Gasteiger partial charge is 0.273 e. The number of sulfonamides is 1. The number of anilines is 1. The molecule has 1 amide bonds. The van der Waals surface area contributed by atoms with E-state index in [9.17, 15) is 13.2 Å². The Bertz CT molecular complexity index is 2020. The summed E-state index contributed by atoms with van der Waals surface area (Å²) in [6.45, 7) is 4.43. The number of nitrogens with zero attached hydrogens (tertiary/aromatic N) is 2. The molecule has 8 nitrogen and oxygen atoms in total. The van der Waals surface area contributed by atoms with Crippen LogP contribution in [0.25, 0.3) is 0 Å². The van der Waals surface area contributed by atoms with Crippen LogP contribution in [0.3, 0.4) is 0 Å². The lowest BCUT2D eigenvalue weighted by Gasteiger charge is -2.26. The third kappa shape index (κ3) is 8.74. The highest BCUT2D eigenvalue weighted by atomic mass is 35.5. The SMILES string of the molecule is CCOc1cc(/C=N\NC(=O)c2ccccc2N(Cc2ccc(Cl)cc2)S(=O)(=O)c2ccc(C)cc2)ccc1OCc1cccc(Cl)c1. The van der Waals surface area contributed by atoms with Crippen molar-refractivity contribution in [1.82, 2.24) is 5.43 Å². The lowest BCUT2D eigenvalue weighted by atomic mass is 10.1. The van der Waals surface area contributed by atoms with E-state index in [1.807, 2.05) is 32.0 Å². The summed E-state index contributed by atoms with van der Waals surface area (Å²) < 4.78 is 41.1. The number of halogens is 2. The van der Waals surface area contributed by atoms with Crippen LogP contribution in [0, 0.1) is 6.92 Å². The summed E-state index contributed by atoms with van der Waals surface area (Å²) in [4.78, 5) is 13.6. The minimum Gasteiger partial charge on any atom is -0.490 e. The van der Waals surface area contributed by atoms with E-state index in [0.29, 0.717) is 45.9 Å². The first-order valence-corrected chi connectivity index (χ1v) is 17.2. The van der Waals surface area contributed by atoms with Gasteiger partial charge < -0.3 is 9.47 Å². The molecule has 246 valence electrons. The quantitative estimate of drug-likeness (QED) is 0.0982. The zero-order valence-corrected chi connectivity index (χ0v) is 28.6. The molecule has 0 spiro atoms. The van der Waals surface area contributed by atoms with Crippen LogP contribution in [0.1, 0.15) is 39.5 Å². The van der Waals surface area contributed by atoms with Gasteiger partial charge in [0, 0.05) is 10.0 Å². The maximum Gasteiger partial charge on any atom is 0.273 e. The van der Waals surface area contributed by atoms with Gasteiger partial charge >= 0.3 is 0 Å². The fourth-order valence-electron chi connectivity index (χ4n) is 4.78. The standard InChI is InChI=1S/C37H33Cl2N3O5S/c1-3-46-36-22-28(15-20-35(36)47-25-29-7-6-8-31(39)21-29)23-40-41-37(43)33-9-4-5-10-34(33)42(24-27-13-16-30(38)17-14-27)48(44,45)32-18-11-26(2)12-19-32/h4-23H,3,24-25H2,1-2H3,(H,41,43)/b40-23-. The van der Waals surface area contributed by atoms with Crippen molar-refractivity contribution >= 4 is 51.0 Å². The second kappa shape index (κ2) is 15.8. The lowest BCUT2D eigenvalue weighted by molar-refractivity contribution is 0.0955. The Balaban J connectivity index is 1.38. The van der Waals surface area contributed by atoms with Gasteiger partial charge in [0.2, 0.25) is 0 Å². The van der Waals surface area contributed by atoms with E-state index in [2.05, 4.69) is 10.5 Å². The Morgan fingerprint density at radius 3 is 2.29 bits per heavy atom. The number of aryl methyl sites for hydroxylation is 1. The third-order valence-electron chi connectivity index (χ3n) is 7.20. The summed E-state index contributed by atoms with van der Waals surface area (Å²) >= 11 is 12.2. The number of amides is 1. The number of carbonyl (C=O) groups excluding carboxylic acids is 1. The van der Waals surface area contributed by atoms with E-state index < -0.39 is 15.9 Å². The van der Waals surface area contributed by atoms with Gasteiger partial charge in [0.1, 0.15) is 6.61 Å². The van der Waals surface area contributed by atoms with Crippen molar-refractivity contribution in [2.24, 2.45) is 5.10 Å². The first-order valence-electron chi connectivity index (χ1n) is 15.0. The van der Waals surface area contributed by atoms with Crippen LogP contribution < -0.4 is 19.2 Å². The minimum absolute atomic E-state index is 0.0348. The molecular weight excluding hydrogens is 669 g/mol.